The van der Waals surface area contributed by atoms with Crippen LogP contribution in [0.4, 0.5) is 11.6 Å². The molecule has 1 aliphatic carbocycles. The first-order chi connectivity index (χ1) is 14.6. The molecule has 0 amide bonds. The van der Waals surface area contributed by atoms with Crippen LogP contribution < -0.4 is 15.6 Å². The summed E-state index contributed by atoms with van der Waals surface area (Å²) in [6.07, 6.45) is 3.81. The Morgan fingerprint density at radius 1 is 1.10 bits per heavy atom. The fraction of sp³-hybridized carbons (Fsp3) is 0.217. The van der Waals surface area contributed by atoms with Gasteiger partial charge in [-0.3, -0.25) is 9.36 Å². The van der Waals surface area contributed by atoms with E-state index in [-0.39, 0.29) is 5.56 Å². The average molecular weight is 399 g/mol. The van der Waals surface area contributed by atoms with Gasteiger partial charge in [0.05, 0.1) is 23.7 Å². The SMILES string of the molecule is COc1cccc(Nc2nccc(-c3ccc4c(=O)n(C5CC5)c(C)nc4c3)n2)c1. The molecule has 30 heavy (non-hydrogen) atoms. The number of aromatic nitrogens is 4. The van der Waals surface area contributed by atoms with Crippen molar-refractivity contribution in [1.82, 2.24) is 19.5 Å². The first kappa shape index (κ1) is 18.3. The largest absolute Gasteiger partial charge is 0.497 e. The molecule has 7 heteroatoms. The molecule has 1 fully saturated rings. The molecule has 2 heterocycles. The lowest BCUT2D eigenvalue weighted by Crippen LogP contribution is -2.22. The number of fused-ring (bicyclic) bond motifs is 1. The molecule has 5 rings (SSSR count). The zero-order valence-corrected chi connectivity index (χ0v) is 16.8. The third-order valence-electron chi connectivity index (χ3n) is 5.27. The first-order valence-electron chi connectivity index (χ1n) is 9.90. The maximum atomic E-state index is 12.9. The molecule has 0 aliphatic heterocycles. The third kappa shape index (κ3) is 3.39. The van der Waals surface area contributed by atoms with Gasteiger partial charge >= 0.3 is 0 Å². The van der Waals surface area contributed by atoms with Gasteiger partial charge in [-0.25, -0.2) is 15.0 Å². The maximum absolute atomic E-state index is 12.9. The summed E-state index contributed by atoms with van der Waals surface area (Å²) in [5.74, 6) is 1.99. The standard InChI is InChI=1S/C23H21N5O2/c1-14-25-21-12-15(6-9-19(21)22(29)28(14)17-7-8-17)20-10-11-24-23(27-20)26-16-4-3-5-18(13-16)30-2/h3-6,9-13,17H,7-8H2,1-2H3,(H,24,26,27). The van der Waals surface area contributed by atoms with Crippen molar-refractivity contribution in [3.8, 4) is 17.0 Å². The van der Waals surface area contributed by atoms with Crippen LogP contribution in [-0.2, 0) is 0 Å². The van der Waals surface area contributed by atoms with Gasteiger partial charge in [-0.05, 0) is 50.1 Å². The van der Waals surface area contributed by atoms with Crippen molar-refractivity contribution in [1.29, 1.82) is 0 Å². The number of ether oxygens (including phenoxy) is 1. The van der Waals surface area contributed by atoms with E-state index in [2.05, 4.69) is 20.3 Å². The molecule has 0 unspecified atom stereocenters. The quantitative estimate of drug-likeness (QED) is 0.540. The van der Waals surface area contributed by atoms with Gasteiger partial charge in [0.25, 0.3) is 5.56 Å². The Labute approximate surface area is 173 Å². The van der Waals surface area contributed by atoms with Gasteiger partial charge in [0.2, 0.25) is 5.95 Å². The smallest absolute Gasteiger partial charge is 0.261 e. The Morgan fingerprint density at radius 3 is 2.77 bits per heavy atom. The van der Waals surface area contributed by atoms with Gasteiger partial charge in [-0.2, -0.15) is 0 Å². The fourth-order valence-electron chi connectivity index (χ4n) is 3.64. The number of hydrogen-bond donors (Lipinski definition) is 1. The summed E-state index contributed by atoms with van der Waals surface area (Å²) in [6.45, 7) is 1.90. The van der Waals surface area contributed by atoms with E-state index in [1.54, 1.807) is 13.3 Å². The average Bonchev–Trinajstić information content (AvgIpc) is 3.59. The zero-order chi connectivity index (χ0) is 20.7. The lowest BCUT2D eigenvalue weighted by Gasteiger charge is -2.11. The van der Waals surface area contributed by atoms with Crippen LogP contribution >= 0.6 is 0 Å². The van der Waals surface area contributed by atoms with Gasteiger partial charge in [0.1, 0.15) is 11.6 Å². The minimum absolute atomic E-state index is 0.0367. The number of hydrogen-bond acceptors (Lipinski definition) is 6. The second-order valence-electron chi connectivity index (χ2n) is 7.42. The highest BCUT2D eigenvalue weighted by atomic mass is 16.5. The predicted octanol–water partition coefficient (Wildman–Crippen LogP) is 4.25. The monoisotopic (exact) mass is 399 g/mol. The van der Waals surface area contributed by atoms with Crippen LogP contribution in [0.1, 0.15) is 24.7 Å². The zero-order valence-electron chi connectivity index (χ0n) is 16.8. The number of nitrogens with one attached hydrogen (secondary N) is 1. The number of methoxy groups -OCH3 is 1. The van der Waals surface area contributed by atoms with Crippen molar-refractivity contribution in [3.05, 3.63) is 70.9 Å². The summed E-state index contributed by atoms with van der Waals surface area (Å²) in [4.78, 5) is 26.5. The van der Waals surface area contributed by atoms with E-state index in [1.165, 1.54) is 0 Å². The number of anilines is 2. The highest BCUT2D eigenvalue weighted by Crippen LogP contribution is 2.34. The van der Waals surface area contributed by atoms with Crippen molar-refractivity contribution in [2.75, 3.05) is 12.4 Å². The molecule has 2 aromatic carbocycles. The second-order valence-corrected chi connectivity index (χ2v) is 7.42. The molecular formula is C23H21N5O2. The Balaban J connectivity index is 1.50. The molecule has 1 N–H and O–H groups in total. The van der Waals surface area contributed by atoms with Gasteiger partial charge < -0.3 is 10.1 Å². The number of rotatable bonds is 5. The Morgan fingerprint density at radius 2 is 1.97 bits per heavy atom. The summed E-state index contributed by atoms with van der Waals surface area (Å²) < 4.78 is 7.08. The first-order valence-corrected chi connectivity index (χ1v) is 9.90. The summed E-state index contributed by atoms with van der Waals surface area (Å²) in [6, 6.07) is 15.4. The maximum Gasteiger partial charge on any atom is 0.261 e. The van der Waals surface area contributed by atoms with Crippen LogP contribution in [0.25, 0.3) is 22.2 Å². The van der Waals surface area contributed by atoms with Crippen LogP contribution in [0.5, 0.6) is 5.75 Å². The van der Waals surface area contributed by atoms with Crippen LogP contribution in [0.2, 0.25) is 0 Å². The van der Waals surface area contributed by atoms with Crippen LogP contribution in [0.15, 0.2) is 59.5 Å². The van der Waals surface area contributed by atoms with Crippen molar-refractivity contribution in [2.45, 2.75) is 25.8 Å². The molecule has 0 saturated heterocycles. The predicted molar refractivity (Wildman–Crippen MR) is 116 cm³/mol. The molecule has 2 aromatic heterocycles. The lowest BCUT2D eigenvalue weighted by atomic mass is 10.1. The molecule has 4 aromatic rings. The van der Waals surface area contributed by atoms with E-state index < -0.39 is 0 Å². The van der Waals surface area contributed by atoms with Crippen LogP contribution in [-0.4, -0.2) is 26.6 Å². The number of aryl methyl sites for hydroxylation is 1. The molecule has 1 aliphatic rings. The molecular weight excluding hydrogens is 378 g/mol. The normalized spacial score (nSPS) is 13.4. The number of benzene rings is 2. The van der Waals surface area contributed by atoms with E-state index >= 15 is 0 Å². The summed E-state index contributed by atoms with van der Waals surface area (Å²) in [7, 11) is 1.63. The highest BCUT2D eigenvalue weighted by molar-refractivity contribution is 5.83. The third-order valence-corrected chi connectivity index (χ3v) is 5.27. The van der Waals surface area contributed by atoms with Gasteiger partial charge in [0, 0.05) is 29.6 Å². The molecule has 0 radical (unpaired) electrons. The molecule has 0 atom stereocenters. The highest BCUT2D eigenvalue weighted by Gasteiger charge is 2.27. The van der Waals surface area contributed by atoms with Crippen LogP contribution in [0.3, 0.4) is 0 Å². The topological polar surface area (TPSA) is 81.9 Å². The minimum atomic E-state index is 0.0367. The Bertz CT molecular complexity index is 1310. The van der Waals surface area contributed by atoms with Gasteiger partial charge in [0.15, 0.2) is 0 Å². The summed E-state index contributed by atoms with van der Waals surface area (Å²) in [5.41, 5.74) is 3.20. The van der Waals surface area contributed by atoms with Crippen molar-refractivity contribution >= 4 is 22.5 Å². The Hall–Kier alpha value is -3.74. The molecule has 150 valence electrons. The minimum Gasteiger partial charge on any atom is -0.497 e. The van der Waals surface area contributed by atoms with E-state index in [0.29, 0.717) is 22.9 Å². The van der Waals surface area contributed by atoms with Crippen molar-refractivity contribution in [3.63, 3.8) is 0 Å². The van der Waals surface area contributed by atoms with Crippen molar-refractivity contribution in [2.24, 2.45) is 0 Å². The van der Waals surface area contributed by atoms with E-state index in [0.717, 1.165) is 41.4 Å². The van der Waals surface area contributed by atoms with E-state index in [4.69, 9.17) is 4.74 Å². The lowest BCUT2D eigenvalue weighted by molar-refractivity contribution is 0.415. The molecule has 0 bridgehead atoms. The second kappa shape index (κ2) is 7.26. The van der Waals surface area contributed by atoms with Crippen LogP contribution in [0, 0.1) is 6.92 Å². The molecule has 7 nitrogen and oxygen atoms in total. The molecule has 0 spiro atoms. The Kier molecular flexibility index (Phi) is 4.43. The summed E-state index contributed by atoms with van der Waals surface area (Å²) >= 11 is 0. The van der Waals surface area contributed by atoms with Crippen molar-refractivity contribution < 1.29 is 4.74 Å². The molecule has 1 saturated carbocycles. The van der Waals surface area contributed by atoms with Gasteiger partial charge in [-0.15, -0.1) is 0 Å². The van der Waals surface area contributed by atoms with E-state index in [9.17, 15) is 4.79 Å². The van der Waals surface area contributed by atoms with E-state index in [1.807, 2.05) is 60.0 Å². The number of nitrogens with zero attached hydrogens (tertiary/aromatic N) is 4. The van der Waals surface area contributed by atoms with Gasteiger partial charge in [-0.1, -0.05) is 12.1 Å². The summed E-state index contributed by atoms with van der Waals surface area (Å²) in [5, 5.41) is 3.84. The fourth-order valence-corrected chi connectivity index (χ4v) is 3.64.